The van der Waals surface area contributed by atoms with E-state index in [2.05, 4.69) is 51.3 Å². The first-order valence-corrected chi connectivity index (χ1v) is 16.5. The summed E-state index contributed by atoms with van der Waals surface area (Å²) in [5.74, 6) is 3.08. The Morgan fingerprint density at radius 1 is 0.629 bits per heavy atom. The van der Waals surface area contributed by atoms with E-state index in [9.17, 15) is 4.57 Å². The maximum absolute atomic E-state index is 12.6. The third kappa shape index (κ3) is 23.6. The van der Waals surface area contributed by atoms with Gasteiger partial charge in [0.25, 0.3) is 0 Å². The minimum Gasteiger partial charge on any atom is -0.331 e. The summed E-state index contributed by atoms with van der Waals surface area (Å²) in [6, 6.07) is 0. The molecule has 0 saturated heterocycles. The Bertz CT molecular complexity index is 592. The fourth-order valence-corrected chi connectivity index (χ4v) is 5.05. The zero-order valence-electron chi connectivity index (χ0n) is 22.5. The molecule has 0 aromatic carbocycles. The number of unbranched alkanes of at least 4 members (excludes halogenated alkanes) is 9. The van der Waals surface area contributed by atoms with E-state index in [1.807, 2.05) is 0 Å². The highest BCUT2D eigenvalue weighted by molar-refractivity contribution is 7.57. The van der Waals surface area contributed by atoms with Crippen molar-refractivity contribution in [2.45, 2.75) is 104 Å². The average molecular weight is 531 g/mol. The van der Waals surface area contributed by atoms with Gasteiger partial charge < -0.3 is 18.1 Å². The largest absolute Gasteiger partial charge is 0.353 e. The Balaban J connectivity index is 3.72. The molecule has 0 fully saturated rings. The van der Waals surface area contributed by atoms with Gasteiger partial charge in [-0.1, -0.05) is 89.8 Å². The fourth-order valence-electron chi connectivity index (χ4n) is 3.14. The van der Waals surface area contributed by atoms with E-state index in [1.54, 1.807) is 5.82 Å². The lowest BCUT2D eigenvalue weighted by atomic mass is 10.2. The number of hydrogen-bond donors (Lipinski definition) is 0. The summed E-state index contributed by atoms with van der Waals surface area (Å²) < 4.78 is 35.1. The van der Waals surface area contributed by atoms with E-state index >= 15 is 0 Å². The molecule has 204 valence electrons. The zero-order valence-corrected chi connectivity index (χ0v) is 24.3. The van der Waals surface area contributed by atoms with Crippen molar-refractivity contribution in [3.63, 3.8) is 0 Å². The van der Waals surface area contributed by atoms with Crippen LogP contribution in [0.2, 0.25) is 0 Å². The van der Waals surface area contributed by atoms with Crippen molar-refractivity contribution in [3.05, 3.63) is 49.1 Å². The smallest absolute Gasteiger partial charge is 0.331 e. The first-order chi connectivity index (χ1) is 17.1. The van der Waals surface area contributed by atoms with Crippen molar-refractivity contribution in [2.75, 3.05) is 26.4 Å². The van der Waals surface area contributed by atoms with Gasteiger partial charge in [0.15, 0.2) is 8.38 Å². The molecular weight excluding hydrogens is 478 g/mol. The second-order valence-electron chi connectivity index (χ2n) is 8.45. The van der Waals surface area contributed by atoms with Crippen LogP contribution in [0.25, 0.3) is 0 Å². The molecule has 0 aromatic heterocycles. The molecule has 0 aliphatic carbocycles. The van der Waals surface area contributed by atoms with Crippen LogP contribution in [0.1, 0.15) is 104 Å². The molecule has 0 aliphatic heterocycles. The second-order valence-corrected chi connectivity index (χ2v) is 11.9. The Morgan fingerprint density at radius 3 is 1.71 bits per heavy atom. The molecule has 0 heterocycles. The highest BCUT2D eigenvalue weighted by Gasteiger charge is 2.18. The molecule has 0 rings (SSSR count). The normalized spacial score (nSPS) is 14.5. The van der Waals surface area contributed by atoms with Crippen LogP contribution in [-0.2, 0) is 22.7 Å². The third-order valence-corrected chi connectivity index (χ3v) is 7.95. The van der Waals surface area contributed by atoms with Crippen molar-refractivity contribution >= 4 is 16.0 Å². The predicted octanol–water partition coefficient (Wildman–Crippen LogP) is 10.5. The molecule has 2 unspecified atom stereocenters. The quantitative estimate of drug-likeness (QED) is 0.0600. The zero-order chi connectivity index (χ0) is 25.9. The Hall–Kier alpha value is -0.540. The van der Waals surface area contributed by atoms with Crippen molar-refractivity contribution in [1.29, 1.82) is 0 Å². The van der Waals surface area contributed by atoms with E-state index in [-0.39, 0.29) is 0 Å². The van der Waals surface area contributed by atoms with Crippen LogP contribution in [0.5, 0.6) is 0 Å². The van der Waals surface area contributed by atoms with Crippen molar-refractivity contribution in [1.82, 2.24) is 0 Å². The van der Waals surface area contributed by atoms with E-state index in [0.29, 0.717) is 26.4 Å². The van der Waals surface area contributed by atoms with Crippen molar-refractivity contribution in [3.8, 4) is 0 Å². The average Bonchev–Trinajstić information content (AvgIpc) is 2.87. The molecule has 0 radical (unpaired) electrons. The van der Waals surface area contributed by atoms with Gasteiger partial charge in [-0.25, -0.2) is 0 Å². The summed E-state index contributed by atoms with van der Waals surface area (Å²) in [6.45, 7) is 14.0. The summed E-state index contributed by atoms with van der Waals surface area (Å²) in [6.07, 6.45) is 23.9. The first-order valence-electron chi connectivity index (χ1n) is 13.6. The summed E-state index contributed by atoms with van der Waals surface area (Å²) in [7, 11) is -4.20. The summed E-state index contributed by atoms with van der Waals surface area (Å²) in [4.78, 5) is 0. The molecule has 35 heavy (non-hydrogen) atoms. The highest BCUT2D eigenvalue weighted by Crippen LogP contribution is 2.49. The molecular formula is C28H52O5P2. The molecule has 5 nitrogen and oxygen atoms in total. The monoisotopic (exact) mass is 530 g/mol. The minimum absolute atomic E-state index is 0.383. The maximum atomic E-state index is 12.6. The van der Waals surface area contributed by atoms with Crippen molar-refractivity contribution < 1.29 is 22.7 Å². The fraction of sp³-hybridized carbons (Fsp3) is 0.714. The molecule has 0 aliphatic rings. The lowest BCUT2D eigenvalue weighted by Gasteiger charge is -2.14. The summed E-state index contributed by atoms with van der Waals surface area (Å²) in [5.41, 5.74) is 0. The predicted molar refractivity (Wildman–Crippen MR) is 153 cm³/mol. The van der Waals surface area contributed by atoms with Gasteiger partial charge >= 0.3 is 7.60 Å². The molecule has 0 spiro atoms. The van der Waals surface area contributed by atoms with Gasteiger partial charge in [0.1, 0.15) is 0 Å². The highest BCUT2D eigenvalue weighted by atomic mass is 31.2. The number of allylic oxidation sites excluding steroid dienone is 2. The maximum Gasteiger partial charge on any atom is 0.353 e. The number of rotatable bonds is 27. The SMILES string of the molecule is C=CP(OCC/C=C\CCCCC)OCCCCCCOP(=O)(C=C)OCC/C=C\CCCCC. The van der Waals surface area contributed by atoms with Crippen LogP contribution in [0.4, 0.5) is 0 Å². The lowest BCUT2D eigenvalue weighted by Crippen LogP contribution is -1.98. The van der Waals surface area contributed by atoms with Crippen LogP contribution in [-0.4, -0.2) is 26.4 Å². The van der Waals surface area contributed by atoms with E-state index in [4.69, 9.17) is 18.1 Å². The van der Waals surface area contributed by atoms with Crippen molar-refractivity contribution in [2.24, 2.45) is 0 Å². The van der Waals surface area contributed by atoms with Gasteiger partial charge in [0.05, 0.1) is 26.4 Å². The Kier molecular flexibility index (Phi) is 26.1. The molecule has 7 heteroatoms. The van der Waals surface area contributed by atoms with Crippen LogP contribution in [0.15, 0.2) is 49.1 Å². The van der Waals surface area contributed by atoms with E-state index in [1.165, 1.54) is 44.3 Å². The molecule has 0 saturated carbocycles. The third-order valence-electron chi connectivity index (χ3n) is 5.24. The summed E-state index contributed by atoms with van der Waals surface area (Å²) >= 11 is 0. The topological polar surface area (TPSA) is 54.0 Å². The van der Waals surface area contributed by atoms with Gasteiger partial charge in [-0.15, -0.1) is 0 Å². The van der Waals surface area contributed by atoms with Crippen LogP contribution < -0.4 is 0 Å². The minimum atomic E-state index is -3.19. The molecule has 0 aromatic rings. The second kappa shape index (κ2) is 26.5. The number of hydrogen-bond acceptors (Lipinski definition) is 5. The van der Waals surface area contributed by atoms with E-state index in [0.717, 1.165) is 51.4 Å². The molecule has 0 bridgehead atoms. The standard InChI is InChI=1S/C28H52O5P2/c1-5-9-11-13-15-17-21-25-30-34(7-3)31-26-22-19-20-24-28-33-35(29,8-4)32-27-23-18-16-14-12-10-6-2/h7-8,15-18H,3-6,9-14,19-28H2,1-2H3/b17-15-,18-16-. The molecule has 0 amide bonds. The molecule has 2 atom stereocenters. The van der Waals surface area contributed by atoms with E-state index < -0.39 is 16.0 Å². The van der Waals surface area contributed by atoms with Crippen LogP contribution >= 0.6 is 16.0 Å². The van der Waals surface area contributed by atoms with Gasteiger partial charge in [0.2, 0.25) is 0 Å². The molecule has 0 N–H and O–H groups in total. The summed E-state index contributed by atoms with van der Waals surface area (Å²) in [5, 5.41) is 0. The lowest BCUT2D eigenvalue weighted by molar-refractivity contribution is 0.210. The van der Waals surface area contributed by atoms with Gasteiger partial charge in [0, 0.05) is 5.82 Å². The van der Waals surface area contributed by atoms with Crippen LogP contribution in [0, 0.1) is 0 Å². The van der Waals surface area contributed by atoms with Gasteiger partial charge in [-0.05, 0) is 57.2 Å². The Labute approximate surface area is 217 Å². The van der Waals surface area contributed by atoms with Crippen LogP contribution in [0.3, 0.4) is 0 Å². The first kappa shape index (κ1) is 34.5. The Morgan fingerprint density at radius 2 is 1.14 bits per heavy atom. The van der Waals surface area contributed by atoms with Gasteiger partial charge in [-0.2, -0.15) is 0 Å². The van der Waals surface area contributed by atoms with Gasteiger partial charge in [-0.3, -0.25) is 4.57 Å².